The molecule has 0 atom stereocenters. The molecule has 2 aromatic rings. The molecule has 0 aliphatic rings. The highest BCUT2D eigenvalue weighted by Gasteiger charge is 2.11. The predicted molar refractivity (Wildman–Crippen MR) is 86.9 cm³/mol. The maximum atomic E-state index is 13.2. The van der Waals surface area contributed by atoms with Gasteiger partial charge in [0.05, 0.1) is 0 Å². The van der Waals surface area contributed by atoms with E-state index in [1.54, 1.807) is 6.07 Å². The number of benzene rings is 2. The van der Waals surface area contributed by atoms with Crippen molar-refractivity contribution in [3.63, 3.8) is 0 Å². The first-order valence-electron chi connectivity index (χ1n) is 7.30. The summed E-state index contributed by atoms with van der Waals surface area (Å²) in [6.45, 7) is 0.0968. The molecule has 0 spiro atoms. The molecule has 0 saturated carbocycles. The summed E-state index contributed by atoms with van der Waals surface area (Å²) in [5.74, 6) is -3.80. The van der Waals surface area contributed by atoms with Crippen molar-refractivity contribution >= 4 is 23.4 Å². The SMILES string of the molecule is NC(=O)CCNC(=O)c1cccc(NC(=O)c2ccc(F)c(F)c2)c1. The van der Waals surface area contributed by atoms with E-state index in [1.165, 1.54) is 18.2 Å². The van der Waals surface area contributed by atoms with Crippen LogP contribution >= 0.6 is 0 Å². The molecular weight excluding hydrogens is 332 g/mol. The minimum absolute atomic E-state index is 0.0122. The van der Waals surface area contributed by atoms with Gasteiger partial charge in [-0.3, -0.25) is 14.4 Å². The van der Waals surface area contributed by atoms with E-state index in [-0.39, 0.29) is 24.1 Å². The van der Waals surface area contributed by atoms with Crippen LogP contribution in [0.1, 0.15) is 27.1 Å². The lowest BCUT2D eigenvalue weighted by molar-refractivity contribution is -0.117. The van der Waals surface area contributed by atoms with Gasteiger partial charge in [-0.15, -0.1) is 0 Å². The van der Waals surface area contributed by atoms with Crippen molar-refractivity contribution in [2.45, 2.75) is 6.42 Å². The van der Waals surface area contributed by atoms with Gasteiger partial charge in [-0.05, 0) is 36.4 Å². The van der Waals surface area contributed by atoms with Gasteiger partial charge in [-0.2, -0.15) is 0 Å². The Balaban J connectivity index is 2.05. The number of halogens is 2. The molecule has 0 heterocycles. The number of hydrogen-bond donors (Lipinski definition) is 3. The topological polar surface area (TPSA) is 101 Å². The average molecular weight is 347 g/mol. The van der Waals surface area contributed by atoms with Crippen molar-refractivity contribution < 1.29 is 23.2 Å². The Bertz CT molecular complexity index is 825. The molecule has 130 valence electrons. The second-order valence-electron chi connectivity index (χ2n) is 5.14. The molecule has 0 aromatic heterocycles. The molecular formula is C17H15F2N3O3. The number of anilines is 1. The molecule has 0 aliphatic heterocycles. The minimum atomic E-state index is -1.13. The third-order valence-corrected chi connectivity index (χ3v) is 3.22. The van der Waals surface area contributed by atoms with Crippen molar-refractivity contribution in [3.05, 3.63) is 65.2 Å². The maximum Gasteiger partial charge on any atom is 0.255 e. The third-order valence-electron chi connectivity index (χ3n) is 3.22. The normalized spacial score (nSPS) is 10.2. The van der Waals surface area contributed by atoms with Gasteiger partial charge >= 0.3 is 0 Å². The number of rotatable bonds is 6. The number of amides is 3. The lowest BCUT2D eigenvalue weighted by Crippen LogP contribution is -2.27. The van der Waals surface area contributed by atoms with Gasteiger partial charge in [0, 0.05) is 29.8 Å². The summed E-state index contributed by atoms with van der Waals surface area (Å²) in [6, 6.07) is 8.80. The Morgan fingerprint density at radius 3 is 2.32 bits per heavy atom. The highest BCUT2D eigenvalue weighted by atomic mass is 19.2. The molecule has 0 unspecified atom stereocenters. The second kappa shape index (κ2) is 8.00. The van der Waals surface area contributed by atoms with E-state index in [0.717, 1.165) is 18.2 Å². The first kappa shape index (κ1) is 18.1. The van der Waals surface area contributed by atoms with Crippen molar-refractivity contribution in [1.82, 2.24) is 5.32 Å². The molecule has 25 heavy (non-hydrogen) atoms. The number of nitrogens with two attached hydrogens (primary N) is 1. The van der Waals surface area contributed by atoms with Gasteiger partial charge in [-0.1, -0.05) is 6.07 Å². The zero-order chi connectivity index (χ0) is 18.4. The highest BCUT2D eigenvalue weighted by molar-refractivity contribution is 6.05. The Labute approximate surface area is 142 Å². The van der Waals surface area contributed by atoms with E-state index in [4.69, 9.17) is 5.73 Å². The predicted octanol–water partition coefficient (Wildman–Crippen LogP) is 1.82. The van der Waals surface area contributed by atoms with Crippen LogP contribution in [0.2, 0.25) is 0 Å². The van der Waals surface area contributed by atoms with Gasteiger partial charge < -0.3 is 16.4 Å². The number of carbonyl (C=O) groups is 3. The van der Waals surface area contributed by atoms with Crippen LogP contribution in [-0.4, -0.2) is 24.3 Å². The molecule has 4 N–H and O–H groups in total. The summed E-state index contributed by atoms with van der Waals surface area (Å²) in [6.07, 6.45) is 0.0122. The monoisotopic (exact) mass is 347 g/mol. The standard InChI is InChI=1S/C17H15F2N3O3/c18-13-5-4-11(9-14(13)19)17(25)22-12-3-1-2-10(8-12)16(24)21-7-6-15(20)23/h1-5,8-9H,6-7H2,(H2,20,23)(H,21,24)(H,22,25). The minimum Gasteiger partial charge on any atom is -0.370 e. The molecule has 0 aliphatic carbocycles. The molecule has 3 amide bonds. The molecule has 2 aromatic carbocycles. The number of carbonyl (C=O) groups excluding carboxylic acids is 3. The number of hydrogen-bond acceptors (Lipinski definition) is 3. The average Bonchev–Trinajstić information content (AvgIpc) is 2.57. The molecule has 8 heteroatoms. The number of primary amides is 1. The lowest BCUT2D eigenvalue weighted by atomic mass is 10.1. The molecule has 0 saturated heterocycles. The van der Waals surface area contributed by atoms with Gasteiger partial charge in [0.2, 0.25) is 5.91 Å². The van der Waals surface area contributed by atoms with Gasteiger partial charge in [-0.25, -0.2) is 8.78 Å². The molecule has 2 rings (SSSR count). The molecule has 0 radical (unpaired) electrons. The maximum absolute atomic E-state index is 13.2. The van der Waals surface area contributed by atoms with Crippen LogP contribution in [0, 0.1) is 11.6 Å². The Kier molecular flexibility index (Phi) is 5.78. The summed E-state index contributed by atoms with van der Waals surface area (Å²) in [5.41, 5.74) is 5.48. The van der Waals surface area contributed by atoms with E-state index in [1.807, 2.05) is 0 Å². The third kappa shape index (κ3) is 5.10. The lowest BCUT2D eigenvalue weighted by Gasteiger charge is -2.08. The Morgan fingerprint density at radius 2 is 1.64 bits per heavy atom. The smallest absolute Gasteiger partial charge is 0.255 e. The van der Waals surface area contributed by atoms with Crippen LogP contribution in [-0.2, 0) is 4.79 Å². The van der Waals surface area contributed by atoms with Gasteiger partial charge in [0.15, 0.2) is 11.6 Å². The van der Waals surface area contributed by atoms with Crippen LogP contribution in [0.25, 0.3) is 0 Å². The van der Waals surface area contributed by atoms with Gasteiger partial charge in [0.1, 0.15) is 0 Å². The van der Waals surface area contributed by atoms with Crippen LogP contribution in [0.3, 0.4) is 0 Å². The largest absolute Gasteiger partial charge is 0.370 e. The first-order valence-corrected chi connectivity index (χ1v) is 7.30. The van der Waals surface area contributed by atoms with Crippen molar-refractivity contribution in [2.75, 3.05) is 11.9 Å². The fraction of sp³-hybridized carbons (Fsp3) is 0.118. The molecule has 6 nitrogen and oxygen atoms in total. The summed E-state index contributed by atoms with van der Waals surface area (Å²) in [4.78, 5) is 34.6. The van der Waals surface area contributed by atoms with E-state index >= 15 is 0 Å². The van der Waals surface area contributed by atoms with Crippen molar-refractivity contribution in [2.24, 2.45) is 5.73 Å². The van der Waals surface area contributed by atoms with E-state index in [9.17, 15) is 23.2 Å². The Hall–Kier alpha value is -3.29. The number of nitrogens with one attached hydrogen (secondary N) is 2. The second-order valence-corrected chi connectivity index (χ2v) is 5.14. The van der Waals surface area contributed by atoms with E-state index < -0.39 is 29.4 Å². The van der Waals surface area contributed by atoms with E-state index in [0.29, 0.717) is 5.69 Å². The molecule has 0 bridgehead atoms. The fourth-order valence-electron chi connectivity index (χ4n) is 1.98. The quantitative estimate of drug-likeness (QED) is 0.743. The zero-order valence-electron chi connectivity index (χ0n) is 13.0. The summed E-state index contributed by atoms with van der Waals surface area (Å²) in [5, 5.41) is 5.00. The summed E-state index contributed by atoms with van der Waals surface area (Å²) >= 11 is 0. The highest BCUT2D eigenvalue weighted by Crippen LogP contribution is 2.14. The summed E-state index contributed by atoms with van der Waals surface area (Å²) < 4.78 is 26.1. The van der Waals surface area contributed by atoms with E-state index in [2.05, 4.69) is 10.6 Å². The summed E-state index contributed by atoms with van der Waals surface area (Å²) in [7, 11) is 0. The first-order chi connectivity index (χ1) is 11.9. The molecule has 0 fully saturated rings. The van der Waals surface area contributed by atoms with Crippen molar-refractivity contribution in [1.29, 1.82) is 0 Å². The van der Waals surface area contributed by atoms with Crippen LogP contribution in [0.15, 0.2) is 42.5 Å². The Morgan fingerprint density at radius 1 is 0.920 bits per heavy atom. The fourth-order valence-corrected chi connectivity index (χ4v) is 1.98. The van der Waals surface area contributed by atoms with Crippen LogP contribution in [0.5, 0.6) is 0 Å². The van der Waals surface area contributed by atoms with Crippen LogP contribution in [0.4, 0.5) is 14.5 Å². The zero-order valence-corrected chi connectivity index (χ0v) is 13.0. The van der Waals surface area contributed by atoms with Crippen molar-refractivity contribution in [3.8, 4) is 0 Å². The van der Waals surface area contributed by atoms with Gasteiger partial charge in [0.25, 0.3) is 11.8 Å². The van der Waals surface area contributed by atoms with Crippen LogP contribution < -0.4 is 16.4 Å².